The van der Waals surface area contributed by atoms with E-state index in [0.717, 1.165) is 0 Å². The normalized spacial score (nSPS) is 10.4. The van der Waals surface area contributed by atoms with E-state index >= 15 is 0 Å². The van der Waals surface area contributed by atoms with Crippen molar-refractivity contribution in [2.24, 2.45) is 0 Å². The van der Waals surface area contributed by atoms with Crippen LogP contribution in [-0.4, -0.2) is 36.6 Å². The predicted molar refractivity (Wildman–Crippen MR) is 103 cm³/mol. The van der Waals surface area contributed by atoms with Gasteiger partial charge in [-0.05, 0) is 48.9 Å². The largest absolute Gasteiger partial charge is 0.345 e. The van der Waals surface area contributed by atoms with E-state index in [1.165, 1.54) is 35.2 Å². The lowest BCUT2D eigenvalue weighted by Gasteiger charge is -2.12. The molecule has 0 bridgehead atoms. The number of benzene rings is 2. The first-order valence-electron chi connectivity index (χ1n) is 8.37. The van der Waals surface area contributed by atoms with E-state index in [4.69, 9.17) is 11.6 Å². The predicted octanol–water partition coefficient (Wildman–Crippen LogP) is 4.17. The van der Waals surface area contributed by atoms with E-state index < -0.39 is 5.82 Å². The third kappa shape index (κ3) is 5.89. The molecule has 1 N–H and O–H groups in total. The molecule has 142 valence electrons. The van der Waals surface area contributed by atoms with Gasteiger partial charge in [-0.2, -0.15) is 0 Å². The van der Waals surface area contributed by atoms with E-state index in [0.29, 0.717) is 23.2 Å². The van der Waals surface area contributed by atoms with E-state index in [2.05, 4.69) is 5.32 Å². The fourth-order valence-corrected chi connectivity index (χ4v) is 2.68. The van der Waals surface area contributed by atoms with Gasteiger partial charge in [0.05, 0.1) is 10.6 Å². The molecular weight excluding hydrogens is 371 g/mol. The minimum absolute atomic E-state index is 0.141. The zero-order chi connectivity index (χ0) is 20.0. The second-order valence-electron chi connectivity index (χ2n) is 6.23. The van der Waals surface area contributed by atoms with Gasteiger partial charge in [-0.3, -0.25) is 14.4 Å². The lowest BCUT2D eigenvalue weighted by atomic mass is 10.1. The van der Waals surface area contributed by atoms with Gasteiger partial charge in [0.1, 0.15) is 5.82 Å². The molecule has 0 saturated carbocycles. The number of hydrogen-bond donors (Lipinski definition) is 1. The smallest absolute Gasteiger partial charge is 0.254 e. The zero-order valence-electron chi connectivity index (χ0n) is 15.1. The highest BCUT2D eigenvalue weighted by molar-refractivity contribution is 6.34. The molecule has 0 atom stereocenters. The number of ketones is 1. The molecule has 0 saturated heterocycles. The van der Waals surface area contributed by atoms with Crippen LogP contribution in [0.1, 0.15) is 40.0 Å². The Morgan fingerprint density at radius 3 is 2.30 bits per heavy atom. The highest BCUT2D eigenvalue weighted by Crippen LogP contribution is 2.22. The van der Waals surface area contributed by atoms with Gasteiger partial charge in [0.2, 0.25) is 5.91 Å². The van der Waals surface area contributed by atoms with Crippen LogP contribution in [0.25, 0.3) is 0 Å². The summed E-state index contributed by atoms with van der Waals surface area (Å²) in [7, 11) is 3.25. The molecular formula is C20H20ClFN2O3. The number of Topliss-reactive ketones (excluding diaryl/α,β-unsaturated/α-hetero) is 1. The zero-order valence-corrected chi connectivity index (χ0v) is 15.8. The van der Waals surface area contributed by atoms with Crippen LogP contribution in [0.5, 0.6) is 0 Å². The lowest BCUT2D eigenvalue weighted by Crippen LogP contribution is -2.22. The van der Waals surface area contributed by atoms with Gasteiger partial charge < -0.3 is 10.2 Å². The van der Waals surface area contributed by atoms with E-state index in [1.807, 2.05) is 0 Å². The second kappa shape index (κ2) is 9.28. The molecule has 0 heterocycles. The van der Waals surface area contributed by atoms with Gasteiger partial charge in [0, 0.05) is 38.2 Å². The Morgan fingerprint density at radius 2 is 1.70 bits per heavy atom. The summed E-state index contributed by atoms with van der Waals surface area (Å²) in [5.41, 5.74) is 1.25. The number of nitrogens with zero attached hydrogens (tertiary/aromatic N) is 1. The molecule has 27 heavy (non-hydrogen) atoms. The SMILES string of the molecule is CN(C)C(=O)c1ccc(NC(=O)CCCC(=O)c2ccc(F)cc2)cc1Cl. The van der Waals surface area contributed by atoms with E-state index in [9.17, 15) is 18.8 Å². The van der Waals surface area contributed by atoms with Gasteiger partial charge in [0.25, 0.3) is 5.91 Å². The van der Waals surface area contributed by atoms with Crippen molar-refractivity contribution in [1.29, 1.82) is 0 Å². The Kier molecular flexibility index (Phi) is 7.07. The molecule has 0 aromatic heterocycles. The third-order valence-electron chi connectivity index (χ3n) is 3.86. The molecule has 0 aliphatic heterocycles. The number of halogens is 2. The maximum Gasteiger partial charge on any atom is 0.254 e. The fraction of sp³-hybridized carbons (Fsp3) is 0.250. The highest BCUT2D eigenvalue weighted by Gasteiger charge is 2.14. The van der Waals surface area contributed by atoms with Gasteiger partial charge in [-0.1, -0.05) is 11.6 Å². The number of rotatable bonds is 7. The molecule has 0 unspecified atom stereocenters. The molecule has 5 nitrogen and oxygen atoms in total. The Balaban J connectivity index is 1.85. The number of amides is 2. The van der Waals surface area contributed by atoms with Crippen LogP contribution in [0.2, 0.25) is 5.02 Å². The van der Waals surface area contributed by atoms with Gasteiger partial charge in [-0.15, -0.1) is 0 Å². The number of hydrogen-bond acceptors (Lipinski definition) is 3. The first-order chi connectivity index (χ1) is 12.8. The van der Waals surface area contributed by atoms with Crippen LogP contribution in [0.4, 0.5) is 10.1 Å². The van der Waals surface area contributed by atoms with Crippen molar-refractivity contribution in [3.8, 4) is 0 Å². The van der Waals surface area contributed by atoms with Crippen LogP contribution >= 0.6 is 11.6 Å². The molecule has 2 aromatic rings. The van der Waals surface area contributed by atoms with Crippen molar-refractivity contribution in [3.05, 3.63) is 64.4 Å². The summed E-state index contributed by atoms with van der Waals surface area (Å²) in [6.45, 7) is 0. The number of nitrogens with one attached hydrogen (secondary N) is 1. The van der Waals surface area contributed by atoms with Crippen molar-refractivity contribution in [2.75, 3.05) is 19.4 Å². The molecule has 0 spiro atoms. The number of carbonyl (C=O) groups excluding carboxylic acids is 3. The van der Waals surface area contributed by atoms with Crippen molar-refractivity contribution < 1.29 is 18.8 Å². The molecule has 2 aromatic carbocycles. The Labute approximate surface area is 162 Å². The molecule has 2 rings (SSSR count). The first-order valence-corrected chi connectivity index (χ1v) is 8.75. The Hall–Kier alpha value is -2.73. The fourth-order valence-electron chi connectivity index (χ4n) is 2.42. The Morgan fingerprint density at radius 1 is 1.04 bits per heavy atom. The lowest BCUT2D eigenvalue weighted by molar-refractivity contribution is -0.116. The highest BCUT2D eigenvalue weighted by atomic mass is 35.5. The Bertz CT molecular complexity index is 851. The van der Waals surface area contributed by atoms with Crippen LogP contribution in [0, 0.1) is 5.82 Å². The van der Waals surface area contributed by atoms with E-state index in [-0.39, 0.29) is 35.5 Å². The molecule has 0 aliphatic rings. The molecule has 0 aliphatic carbocycles. The van der Waals surface area contributed by atoms with Gasteiger partial charge >= 0.3 is 0 Å². The molecule has 2 amide bonds. The second-order valence-corrected chi connectivity index (χ2v) is 6.63. The van der Waals surface area contributed by atoms with Crippen molar-refractivity contribution >= 4 is 34.9 Å². The van der Waals surface area contributed by atoms with Crippen LogP contribution in [-0.2, 0) is 4.79 Å². The average Bonchev–Trinajstić information content (AvgIpc) is 2.61. The van der Waals surface area contributed by atoms with Gasteiger partial charge in [-0.25, -0.2) is 4.39 Å². The summed E-state index contributed by atoms with van der Waals surface area (Å²) in [4.78, 5) is 37.4. The number of carbonyl (C=O) groups is 3. The monoisotopic (exact) mass is 390 g/mol. The summed E-state index contributed by atoms with van der Waals surface area (Å²) in [5, 5.41) is 2.94. The maximum atomic E-state index is 12.9. The van der Waals surface area contributed by atoms with Crippen molar-refractivity contribution in [3.63, 3.8) is 0 Å². The third-order valence-corrected chi connectivity index (χ3v) is 4.18. The summed E-state index contributed by atoms with van der Waals surface area (Å²) >= 11 is 6.11. The summed E-state index contributed by atoms with van der Waals surface area (Å²) in [6, 6.07) is 9.98. The van der Waals surface area contributed by atoms with Crippen LogP contribution in [0.3, 0.4) is 0 Å². The number of anilines is 1. The van der Waals surface area contributed by atoms with Gasteiger partial charge in [0.15, 0.2) is 5.78 Å². The minimum Gasteiger partial charge on any atom is -0.345 e. The quantitative estimate of drug-likeness (QED) is 0.721. The van der Waals surface area contributed by atoms with Crippen molar-refractivity contribution in [2.45, 2.75) is 19.3 Å². The first kappa shape index (κ1) is 20.6. The standard InChI is InChI=1S/C20H20ClFN2O3/c1-24(2)20(27)16-11-10-15(12-17(16)21)23-19(26)5-3-4-18(25)13-6-8-14(22)9-7-13/h6-12H,3-5H2,1-2H3,(H,23,26). The van der Waals surface area contributed by atoms with Crippen LogP contribution < -0.4 is 5.32 Å². The summed E-state index contributed by atoms with van der Waals surface area (Å²) in [6.07, 6.45) is 0.714. The molecule has 0 radical (unpaired) electrons. The molecule has 7 heteroatoms. The minimum atomic E-state index is -0.400. The topological polar surface area (TPSA) is 66.5 Å². The van der Waals surface area contributed by atoms with Crippen molar-refractivity contribution in [1.82, 2.24) is 4.90 Å². The maximum absolute atomic E-state index is 12.9. The molecule has 0 fully saturated rings. The average molecular weight is 391 g/mol. The summed E-state index contributed by atoms with van der Waals surface area (Å²) < 4.78 is 12.9. The van der Waals surface area contributed by atoms with Crippen LogP contribution in [0.15, 0.2) is 42.5 Å². The summed E-state index contributed by atoms with van der Waals surface area (Å²) in [5.74, 6) is -1.03. The van der Waals surface area contributed by atoms with E-state index in [1.54, 1.807) is 26.2 Å².